The number of hydrogen-bond donors (Lipinski definition) is 2. The molecule has 0 saturated carbocycles. The first-order valence-electron chi connectivity index (χ1n) is 4.79. The topological polar surface area (TPSA) is 129 Å². The zero-order chi connectivity index (χ0) is 14.4. The van der Waals surface area contributed by atoms with E-state index in [0.29, 0.717) is 6.07 Å². The Kier molecular flexibility index (Phi) is 3.01. The summed E-state index contributed by atoms with van der Waals surface area (Å²) in [5.74, 6) is -0.782. The summed E-state index contributed by atoms with van der Waals surface area (Å²) >= 11 is 0. The lowest BCUT2D eigenvalue weighted by Crippen LogP contribution is -1.99. The number of hydrogen-bond acceptors (Lipinski definition) is 4. The van der Waals surface area contributed by atoms with Crippen molar-refractivity contribution in [1.29, 1.82) is 0 Å². The Morgan fingerprint density at radius 3 is 1.89 bits per heavy atom. The lowest BCUT2D eigenvalue weighted by Gasteiger charge is -2.04. The molecule has 0 unspecified atom stereocenters. The molecule has 0 atom stereocenters. The van der Waals surface area contributed by atoms with Gasteiger partial charge >= 0.3 is 0 Å². The van der Waals surface area contributed by atoms with E-state index in [9.17, 15) is 21.9 Å². The van der Waals surface area contributed by atoms with Crippen LogP contribution in [0.15, 0.2) is 40.1 Å². The molecule has 2 aromatic carbocycles. The number of fused-ring (bicyclic) bond motifs is 1. The molecule has 0 aromatic heterocycles. The van der Waals surface area contributed by atoms with Crippen LogP contribution in [0, 0.1) is 0 Å². The molecule has 0 heterocycles. The summed E-state index contributed by atoms with van der Waals surface area (Å²) in [5.41, 5.74) is 0. The third-order valence-electron chi connectivity index (χ3n) is 2.46. The van der Waals surface area contributed by atoms with Crippen molar-refractivity contribution in [3.8, 4) is 5.75 Å². The van der Waals surface area contributed by atoms with Gasteiger partial charge < -0.3 is 0 Å². The first kappa shape index (κ1) is 13.7. The quantitative estimate of drug-likeness (QED) is 0.808. The van der Waals surface area contributed by atoms with Crippen LogP contribution in [-0.4, -0.2) is 25.9 Å². The maximum Gasteiger partial charge on any atom is 0.294 e. The van der Waals surface area contributed by atoms with Gasteiger partial charge in [-0.15, -0.1) is 0 Å². The molecule has 0 spiro atoms. The van der Waals surface area contributed by atoms with Crippen LogP contribution in [0.2, 0.25) is 0 Å². The van der Waals surface area contributed by atoms with E-state index in [4.69, 9.17) is 9.11 Å². The summed E-state index contributed by atoms with van der Waals surface area (Å²) in [7, 11) is -8.98. The van der Waals surface area contributed by atoms with Gasteiger partial charge in [0.2, 0.25) is 0 Å². The van der Waals surface area contributed by atoms with Gasteiger partial charge in [-0.25, -0.2) is 0 Å². The van der Waals surface area contributed by atoms with E-state index in [1.807, 2.05) is 0 Å². The molecule has 0 aliphatic heterocycles. The normalized spacial score (nSPS) is 12.7. The summed E-state index contributed by atoms with van der Waals surface area (Å²) in [6, 6.07) is 4.81. The van der Waals surface area contributed by atoms with Gasteiger partial charge in [-0.2, -0.15) is 16.8 Å². The van der Waals surface area contributed by atoms with Crippen LogP contribution >= 0.6 is 0 Å². The van der Waals surface area contributed by atoms with Crippen LogP contribution in [0.25, 0.3) is 10.8 Å². The molecule has 0 aliphatic carbocycles. The molecular formula is C10H7O7S2. The SMILES string of the molecule is [O]c1cc(S(=O)(=O)O)cc2ccc(S(=O)(=O)O)cc12. The van der Waals surface area contributed by atoms with Crippen LogP contribution < -0.4 is 0 Å². The largest absolute Gasteiger partial charge is 0.294 e. The van der Waals surface area contributed by atoms with Gasteiger partial charge in [-0.3, -0.25) is 14.2 Å². The molecule has 0 bridgehead atoms. The van der Waals surface area contributed by atoms with Gasteiger partial charge in [0.1, 0.15) is 0 Å². The van der Waals surface area contributed by atoms with Crippen molar-refractivity contribution in [1.82, 2.24) is 0 Å². The molecule has 0 fully saturated rings. The summed E-state index contributed by atoms with van der Waals surface area (Å²) in [6.07, 6.45) is 0. The highest BCUT2D eigenvalue weighted by Crippen LogP contribution is 2.30. The zero-order valence-corrected chi connectivity index (χ0v) is 10.8. The van der Waals surface area contributed by atoms with E-state index in [2.05, 4.69) is 0 Å². The van der Waals surface area contributed by atoms with E-state index in [1.54, 1.807) is 0 Å². The summed E-state index contributed by atoms with van der Waals surface area (Å²) in [5, 5.41) is 11.7. The van der Waals surface area contributed by atoms with Gasteiger partial charge in [0, 0.05) is 11.5 Å². The zero-order valence-electron chi connectivity index (χ0n) is 9.14. The molecule has 0 amide bonds. The van der Waals surface area contributed by atoms with E-state index in [1.165, 1.54) is 0 Å². The molecular weight excluding hydrogens is 296 g/mol. The lowest BCUT2D eigenvalue weighted by atomic mass is 10.1. The Morgan fingerprint density at radius 1 is 0.789 bits per heavy atom. The van der Waals surface area contributed by atoms with Crippen LogP contribution in [0.4, 0.5) is 0 Å². The molecule has 2 rings (SSSR count). The molecule has 9 heteroatoms. The minimum Gasteiger partial charge on any atom is -0.289 e. The summed E-state index contributed by atoms with van der Waals surface area (Å²) in [6.45, 7) is 0. The van der Waals surface area contributed by atoms with Crippen LogP contribution in [0.5, 0.6) is 5.75 Å². The van der Waals surface area contributed by atoms with Crippen molar-refractivity contribution in [3.63, 3.8) is 0 Å². The van der Waals surface area contributed by atoms with Gasteiger partial charge in [-0.1, -0.05) is 6.07 Å². The molecule has 1 radical (unpaired) electrons. The smallest absolute Gasteiger partial charge is 0.289 e. The molecule has 101 valence electrons. The minimum atomic E-state index is -4.52. The van der Waals surface area contributed by atoms with E-state index >= 15 is 0 Å². The van der Waals surface area contributed by atoms with Gasteiger partial charge in [0.05, 0.1) is 9.79 Å². The maximum atomic E-state index is 11.7. The van der Waals surface area contributed by atoms with Gasteiger partial charge in [0.15, 0.2) is 5.75 Å². The predicted octanol–water partition coefficient (Wildman–Crippen LogP) is 1.48. The van der Waals surface area contributed by atoms with Crippen molar-refractivity contribution in [2.45, 2.75) is 9.79 Å². The third kappa shape index (κ3) is 2.68. The molecule has 0 aliphatic rings. The number of rotatable bonds is 2. The van der Waals surface area contributed by atoms with Gasteiger partial charge in [-0.05, 0) is 23.6 Å². The van der Waals surface area contributed by atoms with Crippen molar-refractivity contribution in [3.05, 3.63) is 30.3 Å². The van der Waals surface area contributed by atoms with E-state index in [-0.39, 0.29) is 10.8 Å². The van der Waals surface area contributed by atoms with Crippen molar-refractivity contribution in [2.75, 3.05) is 0 Å². The fraction of sp³-hybridized carbons (Fsp3) is 0. The highest BCUT2D eigenvalue weighted by atomic mass is 32.2. The molecule has 7 nitrogen and oxygen atoms in total. The monoisotopic (exact) mass is 303 g/mol. The Morgan fingerprint density at radius 2 is 1.37 bits per heavy atom. The average Bonchev–Trinajstić information content (AvgIpc) is 2.26. The fourth-order valence-electron chi connectivity index (χ4n) is 1.59. The Balaban J connectivity index is 2.82. The minimum absolute atomic E-state index is 0.0810. The second-order valence-electron chi connectivity index (χ2n) is 3.75. The number of benzene rings is 2. The Bertz CT molecular complexity index is 866. The predicted molar refractivity (Wildman–Crippen MR) is 63.7 cm³/mol. The summed E-state index contributed by atoms with van der Waals surface area (Å²) < 4.78 is 61.4. The molecule has 0 saturated heterocycles. The second-order valence-corrected chi connectivity index (χ2v) is 6.60. The standard InChI is InChI=1S/C10H7O7S2/c11-10-5-8(19(15,16)17)3-6-1-2-7(4-9(6)10)18(12,13)14/h1-5H,(H,12,13,14)(H,15,16,17). The second kappa shape index (κ2) is 4.17. The first-order valence-corrected chi connectivity index (χ1v) is 7.67. The van der Waals surface area contributed by atoms with Crippen LogP contribution in [0.3, 0.4) is 0 Å². The van der Waals surface area contributed by atoms with Crippen molar-refractivity contribution in [2.24, 2.45) is 0 Å². The highest BCUT2D eigenvalue weighted by molar-refractivity contribution is 7.86. The lowest BCUT2D eigenvalue weighted by molar-refractivity contribution is 0.358. The maximum absolute atomic E-state index is 11.7. The van der Waals surface area contributed by atoms with Crippen molar-refractivity contribution >= 4 is 31.0 Å². The van der Waals surface area contributed by atoms with Crippen LogP contribution in [-0.2, 0) is 25.3 Å². The van der Waals surface area contributed by atoms with Crippen molar-refractivity contribution < 1.29 is 31.0 Å². The highest BCUT2D eigenvalue weighted by Gasteiger charge is 2.16. The fourth-order valence-corrected chi connectivity index (χ4v) is 2.62. The Labute approximate surface area is 108 Å². The third-order valence-corrected chi connectivity index (χ3v) is 4.14. The molecule has 19 heavy (non-hydrogen) atoms. The van der Waals surface area contributed by atoms with E-state index in [0.717, 1.165) is 24.3 Å². The van der Waals surface area contributed by atoms with E-state index < -0.39 is 35.8 Å². The summed E-state index contributed by atoms with van der Waals surface area (Å²) in [4.78, 5) is -1.05. The van der Waals surface area contributed by atoms with Gasteiger partial charge in [0.25, 0.3) is 20.2 Å². The molecule has 2 aromatic rings. The Hall–Kier alpha value is -1.68. The first-order chi connectivity index (χ1) is 8.59. The molecule has 2 N–H and O–H groups in total. The van der Waals surface area contributed by atoms with Crippen LogP contribution in [0.1, 0.15) is 0 Å². The average molecular weight is 303 g/mol.